The zero-order valence-electron chi connectivity index (χ0n) is 11.1. The van der Waals surface area contributed by atoms with Crippen LogP contribution < -0.4 is 11.1 Å². The predicted molar refractivity (Wildman–Crippen MR) is 77.3 cm³/mol. The summed E-state index contributed by atoms with van der Waals surface area (Å²) in [5.41, 5.74) is 6.61. The lowest BCUT2D eigenvalue weighted by molar-refractivity contribution is -0.120. The van der Waals surface area contributed by atoms with Gasteiger partial charge in [-0.2, -0.15) is 0 Å². The number of rotatable bonds is 3. The van der Waals surface area contributed by atoms with E-state index in [1.54, 1.807) is 24.5 Å². The van der Waals surface area contributed by atoms with E-state index in [2.05, 4.69) is 5.32 Å². The summed E-state index contributed by atoms with van der Waals surface area (Å²) in [4.78, 5) is 12.9. The van der Waals surface area contributed by atoms with Crippen molar-refractivity contribution >= 4 is 22.4 Å². The average Bonchev–Trinajstić information content (AvgIpc) is 2.39. The minimum Gasteiger partial charge on any atom is -0.328 e. The Labute approximate surface area is 116 Å². The summed E-state index contributed by atoms with van der Waals surface area (Å²) >= 11 is 0. The molecule has 19 heavy (non-hydrogen) atoms. The number of anilines is 1. The molecule has 1 fully saturated rings. The molecule has 1 amide bonds. The van der Waals surface area contributed by atoms with Crippen LogP contribution in [0.1, 0.15) is 25.7 Å². The first kappa shape index (κ1) is 14.2. The Morgan fingerprint density at radius 1 is 1.42 bits per heavy atom. The van der Waals surface area contributed by atoms with Crippen LogP contribution in [0.15, 0.2) is 29.2 Å². The number of benzene rings is 1. The quantitative estimate of drug-likeness (QED) is 0.888. The fourth-order valence-corrected chi connectivity index (χ4v) is 3.03. The van der Waals surface area contributed by atoms with E-state index in [1.807, 2.05) is 6.07 Å². The van der Waals surface area contributed by atoms with Crippen LogP contribution in [0.25, 0.3) is 0 Å². The van der Waals surface area contributed by atoms with Gasteiger partial charge in [0, 0.05) is 39.6 Å². The summed E-state index contributed by atoms with van der Waals surface area (Å²) < 4.78 is 11.4. The maximum Gasteiger partial charge on any atom is 0.227 e. The van der Waals surface area contributed by atoms with Crippen LogP contribution in [-0.4, -0.2) is 22.4 Å². The van der Waals surface area contributed by atoms with E-state index in [0.29, 0.717) is 5.69 Å². The average molecular weight is 280 g/mol. The fraction of sp³-hybridized carbons (Fsp3) is 0.500. The van der Waals surface area contributed by atoms with Crippen molar-refractivity contribution < 1.29 is 9.00 Å². The van der Waals surface area contributed by atoms with E-state index in [-0.39, 0.29) is 17.9 Å². The maximum atomic E-state index is 12.2. The van der Waals surface area contributed by atoms with Gasteiger partial charge in [-0.25, -0.2) is 0 Å². The molecule has 1 aliphatic rings. The molecule has 0 spiro atoms. The van der Waals surface area contributed by atoms with Gasteiger partial charge in [0.1, 0.15) is 0 Å². The van der Waals surface area contributed by atoms with E-state index in [1.165, 1.54) is 0 Å². The van der Waals surface area contributed by atoms with E-state index < -0.39 is 10.8 Å². The van der Waals surface area contributed by atoms with Gasteiger partial charge in [0.25, 0.3) is 0 Å². The number of carbonyl (C=O) groups excluding carboxylic acids is 1. The van der Waals surface area contributed by atoms with Crippen LogP contribution in [0.5, 0.6) is 0 Å². The predicted octanol–water partition coefficient (Wildman–Crippen LogP) is 1.88. The number of amides is 1. The van der Waals surface area contributed by atoms with E-state index in [0.717, 1.165) is 30.6 Å². The highest BCUT2D eigenvalue weighted by Gasteiger charge is 2.25. The first-order valence-corrected chi connectivity index (χ1v) is 8.12. The van der Waals surface area contributed by atoms with Crippen LogP contribution in [0.3, 0.4) is 0 Å². The molecule has 0 saturated heterocycles. The number of carbonyl (C=O) groups is 1. The van der Waals surface area contributed by atoms with E-state index in [9.17, 15) is 9.00 Å². The molecule has 2 rings (SSSR count). The molecule has 0 radical (unpaired) electrons. The Kier molecular flexibility index (Phi) is 4.71. The molecule has 1 aromatic rings. The zero-order chi connectivity index (χ0) is 13.8. The van der Waals surface area contributed by atoms with Crippen molar-refractivity contribution in [1.82, 2.24) is 0 Å². The van der Waals surface area contributed by atoms with E-state index >= 15 is 0 Å². The van der Waals surface area contributed by atoms with Crippen molar-refractivity contribution in [2.45, 2.75) is 36.6 Å². The summed E-state index contributed by atoms with van der Waals surface area (Å²) in [6.45, 7) is 0. The number of hydrogen-bond donors (Lipinski definition) is 2. The second kappa shape index (κ2) is 6.30. The summed E-state index contributed by atoms with van der Waals surface area (Å²) in [6.07, 6.45) is 5.30. The molecule has 1 aliphatic carbocycles. The molecule has 0 heterocycles. The Hall–Kier alpha value is -1.20. The minimum atomic E-state index is -1.04. The molecule has 1 saturated carbocycles. The van der Waals surface area contributed by atoms with Gasteiger partial charge in [-0.1, -0.05) is 12.5 Å². The molecule has 3 unspecified atom stereocenters. The lowest BCUT2D eigenvalue weighted by Crippen LogP contribution is -2.34. The standard InChI is InChI=1S/C14H20N2O2S/c1-19(18)13-7-3-6-12(9-13)16-14(17)10-4-2-5-11(15)8-10/h3,6-7,9-11H,2,4-5,8,15H2,1H3,(H,16,17). The van der Waals surface area contributed by atoms with Gasteiger partial charge >= 0.3 is 0 Å². The van der Waals surface area contributed by atoms with Crippen molar-refractivity contribution in [3.63, 3.8) is 0 Å². The van der Waals surface area contributed by atoms with E-state index in [4.69, 9.17) is 5.73 Å². The molecule has 1 aromatic carbocycles. The smallest absolute Gasteiger partial charge is 0.227 e. The second-order valence-electron chi connectivity index (χ2n) is 5.09. The monoisotopic (exact) mass is 280 g/mol. The Balaban J connectivity index is 2.02. The van der Waals surface area contributed by atoms with Crippen molar-refractivity contribution in [1.29, 1.82) is 0 Å². The van der Waals surface area contributed by atoms with Gasteiger partial charge in [0.2, 0.25) is 5.91 Å². The maximum absolute atomic E-state index is 12.2. The SMILES string of the molecule is CS(=O)c1cccc(NC(=O)C2CCCC(N)C2)c1. The summed E-state index contributed by atoms with van der Waals surface area (Å²) in [6, 6.07) is 7.31. The highest BCUT2D eigenvalue weighted by Crippen LogP contribution is 2.24. The Morgan fingerprint density at radius 3 is 2.89 bits per heavy atom. The zero-order valence-corrected chi connectivity index (χ0v) is 11.9. The van der Waals surface area contributed by atoms with Gasteiger partial charge in [-0.15, -0.1) is 0 Å². The van der Waals surface area contributed by atoms with Crippen molar-refractivity contribution in [2.24, 2.45) is 11.7 Å². The molecular formula is C14H20N2O2S. The molecule has 104 valence electrons. The normalized spacial score (nSPS) is 24.7. The van der Waals surface area contributed by atoms with Crippen LogP contribution >= 0.6 is 0 Å². The highest BCUT2D eigenvalue weighted by atomic mass is 32.2. The van der Waals surface area contributed by atoms with Gasteiger partial charge in [-0.3, -0.25) is 9.00 Å². The second-order valence-corrected chi connectivity index (χ2v) is 6.47. The topological polar surface area (TPSA) is 72.2 Å². The largest absolute Gasteiger partial charge is 0.328 e. The first-order chi connectivity index (χ1) is 9.06. The number of nitrogens with one attached hydrogen (secondary N) is 1. The van der Waals surface area contributed by atoms with Crippen molar-refractivity contribution in [3.05, 3.63) is 24.3 Å². The fourth-order valence-electron chi connectivity index (χ4n) is 2.46. The van der Waals surface area contributed by atoms with Crippen LogP contribution in [0.2, 0.25) is 0 Å². The Bertz CT molecular complexity index is 490. The molecular weight excluding hydrogens is 260 g/mol. The molecule has 3 N–H and O–H groups in total. The minimum absolute atomic E-state index is 0.000435. The van der Waals surface area contributed by atoms with Gasteiger partial charge in [0.15, 0.2) is 0 Å². The molecule has 0 aliphatic heterocycles. The third-order valence-corrected chi connectivity index (χ3v) is 4.44. The molecule has 0 bridgehead atoms. The molecule has 3 atom stereocenters. The van der Waals surface area contributed by atoms with Crippen LogP contribution in [0.4, 0.5) is 5.69 Å². The van der Waals surface area contributed by atoms with Crippen molar-refractivity contribution in [2.75, 3.05) is 11.6 Å². The van der Waals surface area contributed by atoms with Gasteiger partial charge in [0.05, 0.1) is 0 Å². The summed E-state index contributed by atoms with van der Waals surface area (Å²) in [5, 5.41) is 2.90. The third-order valence-electron chi connectivity index (χ3n) is 3.52. The van der Waals surface area contributed by atoms with Crippen LogP contribution in [0, 0.1) is 5.92 Å². The van der Waals surface area contributed by atoms with Crippen molar-refractivity contribution in [3.8, 4) is 0 Å². The molecule has 0 aromatic heterocycles. The summed E-state index contributed by atoms with van der Waals surface area (Å²) in [7, 11) is -1.04. The Morgan fingerprint density at radius 2 is 2.21 bits per heavy atom. The molecule has 5 heteroatoms. The van der Waals surface area contributed by atoms with Gasteiger partial charge < -0.3 is 11.1 Å². The van der Waals surface area contributed by atoms with Crippen LogP contribution in [-0.2, 0) is 15.6 Å². The lowest BCUT2D eigenvalue weighted by Gasteiger charge is -2.25. The highest BCUT2D eigenvalue weighted by molar-refractivity contribution is 7.84. The number of nitrogens with two attached hydrogens (primary N) is 1. The third kappa shape index (κ3) is 3.88. The van der Waals surface area contributed by atoms with Gasteiger partial charge in [-0.05, 0) is 37.5 Å². The molecule has 4 nitrogen and oxygen atoms in total. The summed E-state index contributed by atoms with van der Waals surface area (Å²) in [5.74, 6) is 0.0220. The lowest BCUT2D eigenvalue weighted by atomic mass is 9.85. The first-order valence-electron chi connectivity index (χ1n) is 6.56. The number of hydrogen-bond acceptors (Lipinski definition) is 3.